The number of nitrogens with one attached hydrogen (secondary N) is 2. The van der Waals surface area contributed by atoms with Crippen LogP contribution in [0, 0.1) is 6.92 Å². The van der Waals surface area contributed by atoms with E-state index in [0.29, 0.717) is 11.5 Å². The first-order chi connectivity index (χ1) is 9.11. The lowest BCUT2D eigenvalue weighted by atomic mass is 10.1. The number of thiocarbonyl (C=S) groups is 1. The van der Waals surface area contributed by atoms with E-state index in [4.69, 9.17) is 12.2 Å². The minimum atomic E-state index is 0.203. The Labute approximate surface area is 119 Å². The first-order valence-electron chi connectivity index (χ1n) is 6.57. The number of benzene rings is 1. The van der Waals surface area contributed by atoms with Gasteiger partial charge in [-0.2, -0.15) is 0 Å². The number of anilines is 2. The zero-order chi connectivity index (χ0) is 13.8. The molecule has 0 bridgehead atoms. The molecule has 1 aliphatic rings. The first kappa shape index (κ1) is 13.8. The van der Waals surface area contributed by atoms with E-state index in [-0.39, 0.29) is 5.91 Å². The fourth-order valence-electron chi connectivity index (χ4n) is 2.22. The van der Waals surface area contributed by atoms with E-state index < -0.39 is 0 Å². The highest BCUT2D eigenvalue weighted by atomic mass is 32.1. The van der Waals surface area contributed by atoms with Crippen molar-refractivity contribution in [3.63, 3.8) is 0 Å². The highest BCUT2D eigenvalue weighted by Crippen LogP contribution is 2.28. The third kappa shape index (κ3) is 3.23. The van der Waals surface area contributed by atoms with Crippen molar-refractivity contribution in [2.24, 2.45) is 0 Å². The summed E-state index contributed by atoms with van der Waals surface area (Å²) in [5.74, 6) is 0.203. The molecular weight excluding hydrogens is 258 g/mol. The van der Waals surface area contributed by atoms with Gasteiger partial charge in [0.25, 0.3) is 0 Å². The Balaban J connectivity index is 2.19. The molecule has 0 aromatic heterocycles. The van der Waals surface area contributed by atoms with Crippen LogP contribution in [0.5, 0.6) is 0 Å². The van der Waals surface area contributed by atoms with Crippen LogP contribution >= 0.6 is 12.2 Å². The van der Waals surface area contributed by atoms with Gasteiger partial charge in [0.15, 0.2) is 5.11 Å². The van der Waals surface area contributed by atoms with Crippen molar-refractivity contribution in [2.45, 2.75) is 26.7 Å². The molecule has 102 valence electrons. The van der Waals surface area contributed by atoms with Crippen molar-refractivity contribution in [2.75, 3.05) is 23.3 Å². The van der Waals surface area contributed by atoms with Gasteiger partial charge in [-0.15, -0.1) is 0 Å². The quantitative estimate of drug-likeness (QED) is 0.833. The van der Waals surface area contributed by atoms with Crippen molar-refractivity contribution >= 4 is 34.6 Å². The molecule has 1 saturated heterocycles. The van der Waals surface area contributed by atoms with E-state index in [1.165, 1.54) is 0 Å². The van der Waals surface area contributed by atoms with Crippen LogP contribution in [-0.4, -0.2) is 24.1 Å². The Kier molecular flexibility index (Phi) is 4.37. The maximum atomic E-state index is 11.8. The molecule has 0 spiro atoms. The molecule has 1 amide bonds. The average molecular weight is 277 g/mol. The molecule has 2 N–H and O–H groups in total. The van der Waals surface area contributed by atoms with Gasteiger partial charge in [-0.1, -0.05) is 6.07 Å². The molecule has 1 aromatic carbocycles. The van der Waals surface area contributed by atoms with Crippen molar-refractivity contribution in [3.8, 4) is 0 Å². The van der Waals surface area contributed by atoms with Crippen LogP contribution in [0.3, 0.4) is 0 Å². The number of carbonyl (C=O) groups excluding carboxylic acids is 1. The van der Waals surface area contributed by atoms with Crippen LogP contribution in [0.15, 0.2) is 18.2 Å². The third-order valence-corrected chi connectivity index (χ3v) is 3.41. The number of amides is 1. The fraction of sp³-hybridized carbons (Fsp3) is 0.429. The van der Waals surface area contributed by atoms with Crippen LogP contribution in [0.4, 0.5) is 11.4 Å². The number of rotatable bonds is 3. The van der Waals surface area contributed by atoms with Gasteiger partial charge in [0.05, 0.1) is 0 Å². The normalized spacial score (nSPS) is 14.6. The predicted molar refractivity (Wildman–Crippen MR) is 82.7 cm³/mol. The Morgan fingerprint density at radius 3 is 2.89 bits per heavy atom. The summed E-state index contributed by atoms with van der Waals surface area (Å²) in [7, 11) is 0. The van der Waals surface area contributed by atoms with Crippen LogP contribution in [0.1, 0.15) is 25.3 Å². The minimum Gasteiger partial charge on any atom is -0.363 e. The van der Waals surface area contributed by atoms with Gasteiger partial charge in [0.2, 0.25) is 5.91 Å². The zero-order valence-corrected chi connectivity index (χ0v) is 12.1. The molecule has 0 saturated carbocycles. The van der Waals surface area contributed by atoms with E-state index in [2.05, 4.69) is 10.6 Å². The summed E-state index contributed by atoms with van der Waals surface area (Å²) in [5.41, 5.74) is 2.99. The van der Waals surface area contributed by atoms with Gasteiger partial charge in [0, 0.05) is 30.9 Å². The summed E-state index contributed by atoms with van der Waals surface area (Å²) in [5, 5.41) is 6.78. The van der Waals surface area contributed by atoms with Crippen LogP contribution in [0.25, 0.3) is 0 Å². The molecule has 4 nitrogen and oxygen atoms in total. The molecule has 1 aliphatic heterocycles. The Morgan fingerprint density at radius 2 is 2.26 bits per heavy atom. The van der Waals surface area contributed by atoms with Crippen molar-refractivity contribution in [3.05, 3.63) is 23.8 Å². The molecule has 2 rings (SSSR count). The second-order valence-electron chi connectivity index (χ2n) is 4.63. The van der Waals surface area contributed by atoms with Gasteiger partial charge in [-0.25, -0.2) is 0 Å². The molecule has 0 atom stereocenters. The highest BCUT2D eigenvalue weighted by molar-refractivity contribution is 7.80. The summed E-state index contributed by atoms with van der Waals surface area (Å²) < 4.78 is 0. The van der Waals surface area contributed by atoms with E-state index >= 15 is 0 Å². The largest absolute Gasteiger partial charge is 0.363 e. The molecule has 5 heteroatoms. The van der Waals surface area contributed by atoms with E-state index in [9.17, 15) is 4.79 Å². The molecule has 0 unspecified atom stereocenters. The molecule has 0 radical (unpaired) electrons. The topological polar surface area (TPSA) is 44.4 Å². The van der Waals surface area contributed by atoms with E-state index in [1.54, 1.807) is 0 Å². The van der Waals surface area contributed by atoms with Crippen molar-refractivity contribution in [1.82, 2.24) is 5.32 Å². The van der Waals surface area contributed by atoms with Crippen molar-refractivity contribution < 1.29 is 4.79 Å². The minimum absolute atomic E-state index is 0.203. The number of hydrogen-bond acceptors (Lipinski definition) is 2. The Bertz CT molecular complexity index is 501. The Hall–Kier alpha value is -1.62. The molecule has 1 heterocycles. The number of aryl methyl sites for hydroxylation is 1. The van der Waals surface area contributed by atoms with Crippen molar-refractivity contribution in [1.29, 1.82) is 0 Å². The molecular formula is C14H19N3OS. The third-order valence-electron chi connectivity index (χ3n) is 3.17. The summed E-state index contributed by atoms with van der Waals surface area (Å²) in [4.78, 5) is 13.7. The second-order valence-corrected chi connectivity index (χ2v) is 5.04. The average Bonchev–Trinajstić information content (AvgIpc) is 2.78. The van der Waals surface area contributed by atoms with E-state index in [0.717, 1.165) is 36.4 Å². The van der Waals surface area contributed by atoms with Crippen LogP contribution < -0.4 is 15.5 Å². The maximum Gasteiger partial charge on any atom is 0.227 e. The fourth-order valence-corrected chi connectivity index (χ4v) is 2.48. The Morgan fingerprint density at radius 1 is 1.47 bits per heavy atom. The standard InChI is InChI=1S/C14H19N3OS/c1-3-15-14(19)16-11-7-6-10(2)12(9-11)17-8-4-5-13(17)18/h6-7,9H,3-5,8H2,1-2H3,(H2,15,16,19). The lowest BCUT2D eigenvalue weighted by Crippen LogP contribution is -2.28. The number of carbonyl (C=O) groups is 1. The SMILES string of the molecule is CCNC(=S)Nc1ccc(C)c(N2CCCC2=O)c1. The zero-order valence-electron chi connectivity index (χ0n) is 11.3. The smallest absolute Gasteiger partial charge is 0.227 e. The van der Waals surface area contributed by atoms with Crippen LogP contribution in [-0.2, 0) is 4.79 Å². The van der Waals surface area contributed by atoms with Crippen LogP contribution in [0.2, 0.25) is 0 Å². The predicted octanol–water partition coefficient (Wildman–Crippen LogP) is 2.43. The van der Waals surface area contributed by atoms with Gasteiger partial charge in [-0.3, -0.25) is 4.79 Å². The summed E-state index contributed by atoms with van der Waals surface area (Å²) in [6, 6.07) is 5.98. The molecule has 19 heavy (non-hydrogen) atoms. The van der Waals surface area contributed by atoms with Gasteiger partial charge >= 0.3 is 0 Å². The van der Waals surface area contributed by atoms with Gasteiger partial charge in [0.1, 0.15) is 0 Å². The van der Waals surface area contributed by atoms with Gasteiger partial charge < -0.3 is 15.5 Å². The highest BCUT2D eigenvalue weighted by Gasteiger charge is 2.23. The van der Waals surface area contributed by atoms with Gasteiger partial charge in [-0.05, 0) is 50.2 Å². The number of nitrogens with zero attached hydrogens (tertiary/aromatic N) is 1. The summed E-state index contributed by atoms with van der Waals surface area (Å²) in [6.07, 6.45) is 1.58. The maximum absolute atomic E-state index is 11.8. The lowest BCUT2D eigenvalue weighted by Gasteiger charge is -2.20. The summed E-state index contributed by atoms with van der Waals surface area (Å²) in [6.45, 7) is 5.61. The summed E-state index contributed by atoms with van der Waals surface area (Å²) >= 11 is 5.17. The van der Waals surface area contributed by atoms with E-state index in [1.807, 2.05) is 36.9 Å². The number of hydrogen-bond donors (Lipinski definition) is 2. The molecule has 1 aromatic rings. The first-order valence-corrected chi connectivity index (χ1v) is 6.98. The monoisotopic (exact) mass is 277 g/mol. The molecule has 1 fully saturated rings. The second kappa shape index (κ2) is 6.02. The lowest BCUT2D eigenvalue weighted by molar-refractivity contribution is -0.117. The molecule has 0 aliphatic carbocycles.